The van der Waals surface area contributed by atoms with Crippen LogP contribution < -0.4 is 5.32 Å². The Kier molecular flexibility index (Phi) is 4.52. The molecule has 1 aromatic rings. The van der Waals surface area contributed by atoms with Crippen LogP contribution >= 0.6 is 0 Å². The highest BCUT2D eigenvalue weighted by Crippen LogP contribution is 2.34. The Morgan fingerprint density at radius 3 is 2.88 bits per heavy atom. The van der Waals surface area contributed by atoms with Gasteiger partial charge in [-0.15, -0.1) is 0 Å². The van der Waals surface area contributed by atoms with Gasteiger partial charge in [-0.25, -0.2) is 4.99 Å². The molecule has 5 nitrogen and oxygen atoms in total. The number of fused-ring (bicyclic) bond motifs is 1. The Hall–Kier alpha value is -2.58. The van der Waals surface area contributed by atoms with E-state index in [1.54, 1.807) is 0 Å². The van der Waals surface area contributed by atoms with Gasteiger partial charge < -0.3 is 10.4 Å². The number of hydrogen-bond acceptors (Lipinski definition) is 4. The van der Waals surface area contributed by atoms with Crippen molar-refractivity contribution in [2.45, 2.75) is 38.3 Å². The van der Waals surface area contributed by atoms with E-state index in [-0.39, 0.29) is 5.92 Å². The number of aryl methyl sites for hydroxylation is 1. The molecule has 2 fully saturated rings. The summed E-state index contributed by atoms with van der Waals surface area (Å²) < 4.78 is 0. The normalized spacial score (nSPS) is 27.7. The molecule has 1 aliphatic carbocycles. The van der Waals surface area contributed by atoms with Gasteiger partial charge in [-0.2, -0.15) is 0 Å². The van der Waals surface area contributed by atoms with Crippen molar-refractivity contribution in [1.29, 1.82) is 0 Å². The van der Waals surface area contributed by atoms with Gasteiger partial charge in [0.25, 0.3) is 0 Å². The Morgan fingerprint density at radius 1 is 1.31 bits per heavy atom. The first-order valence-corrected chi connectivity index (χ1v) is 9.18. The van der Waals surface area contributed by atoms with Crippen molar-refractivity contribution in [3.8, 4) is 11.8 Å². The van der Waals surface area contributed by atoms with Gasteiger partial charge in [-0.3, -0.25) is 9.69 Å². The molecule has 1 aromatic carbocycles. The molecule has 2 N–H and O–H groups in total. The van der Waals surface area contributed by atoms with Crippen LogP contribution in [0, 0.1) is 24.7 Å². The molecule has 2 heterocycles. The van der Waals surface area contributed by atoms with E-state index in [4.69, 9.17) is 5.11 Å². The Labute approximate surface area is 153 Å². The molecule has 0 spiro atoms. The van der Waals surface area contributed by atoms with E-state index < -0.39 is 5.97 Å². The van der Waals surface area contributed by atoms with Gasteiger partial charge in [0.2, 0.25) is 0 Å². The predicted octanol–water partition coefficient (Wildman–Crippen LogP) is 2.17. The molecule has 1 saturated heterocycles. The lowest BCUT2D eigenvalue weighted by Gasteiger charge is -2.45. The van der Waals surface area contributed by atoms with Crippen LogP contribution in [0.1, 0.15) is 30.4 Å². The third kappa shape index (κ3) is 3.38. The zero-order chi connectivity index (χ0) is 18.1. The molecular weight excluding hydrogens is 326 g/mol. The number of carboxylic acid groups (broad SMARTS) is 1. The van der Waals surface area contributed by atoms with E-state index in [0.29, 0.717) is 12.1 Å². The highest BCUT2D eigenvalue weighted by Gasteiger charge is 2.40. The van der Waals surface area contributed by atoms with Crippen LogP contribution in [-0.2, 0) is 4.79 Å². The highest BCUT2D eigenvalue weighted by molar-refractivity contribution is 6.00. The van der Waals surface area contributed by atoms with Crippen LogP contribution in [-0.4, -0.2) is 47.0 Å². The van der Waals surface area contributed by atoms with Gasteiger partial charge >= 0.3 is 5.97 Å². The number of aliphatic carboxylic acids is 1. The highest BCUT2D eigenvalue weighted by atomic mass is 16.4. The van der Waals surface area contributed by atoms with Crippen LogP contribution in [0.2, 0.25) is 0 Å². The van der Waals surface area contributed by atoms with Gasteiger partial charge in [0.15, 0.2) is 5.84 Å². The molecule has 1 saturated carbocycles. The number of nitrogens with one attached hydrogen (secondary N) is 1. The van der Waals surface area contributed by atoms with Crippen LogP contribution in [0.5, 0.6) is 0 Å². The van der Waals surface area contributed by atoms with Gasteiger partial charge in [-0.05, 0) is 49.3 Å². The van der Waals surface area contributed by atoms with Crippen molar-refractivity contribution in [1.82, 2.24) is 10.2 Å². The second kappa shape index (κ2) is 6.97. The number of amidine groups is 1. The number of hydrogen-bond donors (Lipinski definition) is 2. The summed E-state index contributed by atoms with van der Waals surface area (Å²) in [4.78, 5) is 17.9. The maximum absolute atomic E-state index is 11.0. The lowest BCUT2D eigenvalue weighted by Crippen LogP contribution is -2.54. The minimum Gasteiger partial charge on any atom is -0.481 e. The summed E-state index contributed by atoms with van der Waals surface area (Å²) >= 11 is 0. The molecule has 1 atom stereocenters. The first-order valence-electron chi connectivity index (χ1n) is 9.18. The first-order chi connectivity index (χ1) is 12.6. The van der Waals surface area contributed by atoms with Crippen molar-refractivity contribution >= 4 is 11.8 Å². The molecule has 0 aromatic heterocycles. The minimum absolute atomic E-state index is 0.155. The van der Waals surface area contributed by atoms with Gasteiger partial charge in [0, 0.05) is 30.9 Å². The topological polar surface area (TPSA) is 64.9 Å². The molecule has 5 heteroatoms. The molecule has 26 heavy (non-hydrogen) atoms. The number of benzene rings is 1. The molecule has 0 bridgehead atoms. The molecule has 4 rings (SSSR count). The first kappa shape index (κ1) is 16.9. The van der Waals surface area contributed by atoms with E-state index in [1.165, 1.54) is 11.1 Å². The maximum Gasteiger partial charge on any atom is 0.306 e. The quantitative estimate of drug-likeness (QED) is 0.803. The molecule has 2 aliphatic heterocycles. The largest absolute Gasteiger partial charge is 0.481 e. The number of piperidine rings is 1. The number of carboxylic acids is 1. The summed E-state index contributed by atoms with van der Waals surface area (Å²) in [5, 5.41) is 12.5. The number of rotatable bonds is 2. The molecule has 134 valence electrons. The Balaban J connectivity index is 1.41. The standard InChI is InChI=1S/C21H23N3O2/c1-14-4-2-3-5-15(14)6-7-20-22-12-17-13-24(9-8-19(17)23-20)18-10-16(11-18)21(25)26/h2-5,12,16,18-19H,8-11,13H2,1H3,(H,22,23)(H,25,26). The minimum atomic E-state index is -0.656. The fourth-order valence-electron chi connectivity index (χ4n) is 3.86. The van der Waals surface area contributed by atoms with Crippen molar-refractivity contribution in [2.75, 3.05) is 13.1 Å². The summed E-state index contributed by atoms with van der Waals surface area (Å²) in [7, 11) is 0. The lowest BCUT2D eigenvalue weighted by molar-refractivity contribution is -0.147. The molecule has 3 aliphatic rings. The molecule has 1 unspecified atom stereocenters. The van der Waals surface area contributed by atoms with Crippen LogP contribution in [0.4, 0.5) is 0 Å². The zero-order valence-electron chi connectivity index (χ0n) is 14.9. The van der Waals surface area contributed by atoms with E-state index in [2.05, 4.69) is 40.0 Å². The summed E-state index contributed by atoms with van der Waals surface area (Å²) in [6, 6.07) is 8.79. The van der Waals surface area contributed by atoms with Crippen LogP contribution in [0.3, 0.4) is 0 Å². The van der Waals surface area contributed by atoms with Crippen molar-refractivity contribution in [3.05, 3.63) is 47.2 Å². The number of likely N-dealkylation sites (tertiary alicyclic amines) is 1. The molecule has 0 radical (unpaired) electrons. The monoisotopic (exact) mass is 349 g/mol. The van der Waals surface area contributed by atoms with Gasteiger partial charge in [-0.1, -0.05) is 24.1 Å². The summed E-state index contributed by atoms with van der Waals surface area (Å²) in [5.74, 6) is 6.27. The predicted molar refractivity (Wildman–Crippen MR) is 101 cm³/mol. The average Bonchev–Trinajstić information content (AvgIpc) is 2.59. The SMILES string of the molecule is Cc1ccccc1C#CC1=NC=C2CN(C3CC(C(=O)O)C3)CCC2N1. The summed E-state index contributed by atoms with van der Waals surface area (Å²) in [5.41, 5.74) is 3.47. The fourth-order valence-corrected chi connectivity index (χ4v) is 3.86. The van der Waals surface area contributed by atoms with Gasteiger partial charge in [0.1, 0.15) is 0 Å². The van der Waals surface area contributed by atoms with Gasteiger partial charge in [0.05, 0.1) is 12.0 Å². The number of carbonyl (C=O) groups is 1. The smallest absolute Gasteiger partial charge is 0.306 e. The average molecular weight is 349 g/mol. The van der Waals surface area contributed by atoms with E-state index in [0.717, 1.165) is 43.8 Å². The maximum atomic E-state index is 11.0. The Bertz CT molecular complexity index is 840. The lowest BCUT2D eigenvalue weighted by atomic mass is 9.78. The summed E-state index contributed by atoms with van der Waals surface area (Å²) in [6.07, 6.45) is 4.50. The number of nitrogens with zero attached hydrogens (tertiary/aromatic N) is 2. The van der Waals surface area contributed by atoms with E-state index >= 15 is 0 Å². The molecule has 0 amide bonds. The van der Waals surface area contributed by atoms with Crippen molar-refractivity contribution in [3.63, 3.8) is 0 Å². The second-order valence-electron chi connectivity index (χ2n) is 7.36. The summed E-state index contributed by atoms with van der Waals surface area (Å²) in [6.45, 7) is 3.92. The van der Waals surface area contributed by atoms with E-state index in [9.17, 15) is 4.79 Å². The fraction of sp³-hybridized carbons (Fsp3) is 0.429. The van der Waals surface area contributed by atoms with Crippen LogP contribution in [0.15, 0.2) is 41.0 Å². The third-order valence-electron chi connectivity index (χ3n) is 5.65. The molecular formula is C21H23N3O2. The van der Waals surface area contributed by atoms with E-state index in [1.807, 2.05) is 24.4 Å². The van der Waals surface area contributed by atoms with Crippen molar-refractivity contribution in [2.24, 2.45) is 10.9 Å². The zero-order valence-corrected chi connectivity index (χ0v) is 14.9. The van der Waals surface area contributed by atoms with Crippen LogP contribution in [0.25, 0.3) is 0 Å². The van der Waals surface area contributed by atoms with Crippen molar-refractivity contribution < 1.29 is 9.90 Å². The second-order valence-corrected chi connectivity index (χ2v) is 7.36. The third-order valence-corrected chi connectivity index (χ3v) is 5.65. The number of aliphatic imine (C=N–C) groups is 1. The Morgan fingerprint density at radius 2 is 2.12 bits per heavy atom.